The third kappa shape index (κ3) is 4.01. The van der Waals surface area contributed by atoms with Gasteiger partial charge in [-0.05, 0) is 30.2 Å². The normalized spacial score (nSPS) is 13.5. The fourth-order valence-corrected chi connectivity index (χ4v) is 4.06. The zero-order valence-corrected chi connectivity index (χ0v) is 17.1. The van der Waals surface area contributed by atoms with Crippen LogP contribution in [0.5, 0.6) is 0 Å². The molecule has 0 fully saturated rings. The number of H-pyrrole nitrogens is 1. The van der Waals surface area contributed by atoms with Gasteiger partial charge in [0.05, 0.1) is 17.6 Å². The molecule has 0 unspecified atom stereocenters. The Morgan fingerprint density at radius 3 is 2.94 bits per heavy atom. The molecule has 1 N–H and O–H groups in total. The number of carbonyl (C=O) groups excluding carboxylic acids is 1. The highest BCUT2D eigenvalue weighted by Gasteiger charge is 2.25. The zero-order chi connectivity index (χ0) is 21.2. The number of benzene rings is 1. The molecule has 0 radical (unpaired) electrons. The standard InChI is InChI=1S/C23H23N5O3/c29-22(10-13-28-19-6-2-1-5-17(19)26-23(28)30)27-12-9-20-18(15-27)25-21(31-20)8-7-16-4-3-11-24-14-16/h1-6,11,14H,7-10,12-13,15H2,(H,26,30). The average molecular weight is 417 g/mol. The van der Waals surface area contributed by atoms with E-state index >= 15 is 0 Å². The second kappa shape index (κ2) is 8.22. The van der Waals surface area contributed by atoms with E-state index in [-0.39, 0.29) is 18.0 Å². The number of aromatic amines is 1. The van der Waals surface area contributed by atoms with E-state index in [4.69, 9.17) is 4.42 Å². The van der Waals surface area contributed by atoms with Gasteiger partial charge in [0.15, 0.2) is 5.89 Å². The van der Waals surface area contributed by atoms with Crippen molar-refractivity contribution in [2.75, 3.05) is 6.54 Å². The number of aromatic nitrogens is 4. The van der Waals surface area contributed by atoms with Crippen LogP contribution in [0, 0.1) is 0 Å². The summed E-state index contributed by atoms with van der Waals surface area (Å²) in [7, 11) is 0. The molecule has 1 amide bonds. The number of para-hydroxylation sites is 2. The summed E-state index contributed by atoms with van der Waals surface area (Å²) in [5.74, 6) is 1.59. The smallest absolute Gasteiger partial charge is 0.326 e. The quantitative estimate of drug-likeness (QED) is 0.520. The van der Waals surface area contributed by atoms with Gasteiger partial charge in [0, 0.05) is 44.7 Å². The molecule has 158 valence electrons. The first-order valence-electron chi connectivity index (χ1n) is 10.5. The van der Waals surface area contributed by atoms with E-state index in [1.54, 1.807) is 15.7 Å². The Kier molecular flexibility index (Phi) is 5.11. The zero-order valence-electron chi connectivity index (χ0n) is 17.1. The average Bonchev–Trinajstić information content (AvgIpc) is 3.35. The van der Waals surface area contributed by atoms with Crippen molar-refractivity contribution in [2.24, 2.45) is 0 Å². The van der Waals surface area contributed by atoms with Crippen molar-refractivity contribution in [3.8, 4) is 0 Å². The minimum Gasteiger partial charge on any atom is -0.445 e. The number of imidazole rings is 1. The second-order valence-corrected chi connectivity index (χ2v) is 7.75. The van der Waals surface area contributed by atoms with Crippen LogP contribution in [0.25, 0.3) is 11.0 Å². The number of aryl methyl sites for hydroxylation is 3. The Morgan fingerprint density at radius 2 is 2.06 bits per heavy atom. The summed E-state index contributed by atoms with van der Waals surface area (Å²) in [5, 5.41) is 0. The second-order valence-electron chi connectivity index (χ2n) is 7.75. The molecule has 8 nitrogen and oxygen atoms in total. The Morgan fingerprint density at radius 1 is 1.16 bits per heavy atom. The lowest BCUT2D eigenvalue weighted by Crippen LogP contribution is -2.36. The van der Waals surface area contributed by atoms with E-state index < -0.39 is 0 Å². The molecule has 3 aromatic heterocycles. The Hall–Kier alpha value is -3.68. The van der Waals surface area contributed by atoms with Crippen molar-refractivity contribution >= 4 is 16.9 Å². The molecular weight excluding hydrogens is 394 g/mol. The van der Waals surface area contributed by atoms with E-state index in [9.17, 15) is 9.59 Å². The van der Waals surface area contributed by atoms with Gasteiger partial charge in [-0.1, -0.05) is 18.2 Å². The lowest BCUT2D eigenvalue weighted by molar-refractivity contribution is -0.132. The van der Waals surface area contributed by atoms with Gasteiger partial charge in [0.25, 0.3) is 0 Å². The molecule has 0 saturated carbocycles. The van der Waals surface area contributed by atoms with Crippen molar-refractivity contribution in [3.63, 3.8) is 0 Å². The third-order valence-corrected chi connectivity index (χ3v) is 5.71. The van der Waals surface area contributed by atoms with E-state index in [0.717, 1.165) is 34.5 Å². The molecule has 0 saturated heterocycles. The number of hydrogen-bond acceptors (Lipinski definition) is 5. The Labute approximate surface area is 178 Å². The largest absolute Gasteiger partial charge is 0.445 e. The van der Waals surface area contributed by atoms with Crippen LogP contribution < -0.4 is 5.69 Å². The minimum atomic E-state index is -0.190. The minimum absolute atomic E-state index is 0.0164. The molecule has 8 heteroatoms. The van der Waals surface area contributed by atoms with Gasteiger partial charge in [0.2, 0.25) is 5.91 Å². The fourth-order valence-electron chi connectivity index (χ4n) is 4.06. The van der Waals surface area contributed by atoms with Crippen LogP contribution in [0.4, 0.5) is 0 Å². The van der Waals surface area contributed by atoms with Gasteiger partial charge in [-0.2, -0.15) is 0 Å². The highest BCUT2D eigenvalue weighted by molar-refractivity contribution is 5.77. The van der Waals surface area contributed by atoms with Crippen LogP contribution in [0.15, 0.2) is 58.0 Å². The van der Waals surface area contributed by atoms with Gasteiger partial charge >= 0.3 is 5.69 Å². The van der Waals surface area contributed by atoms with E-state index in [1.807, 2.05) is 42.6 Å². The van der Waals surface area contributed by atoms with Gasteiger partial charge in [0.1, 0.15) is 11.5 Å². The highest BCUT2D eigenvalue weighted by Crippen LogP contribution is 2.21. The number of fused-ring (bicyclic) bond motifs is 2. The summed E-state index contributed by atoms with van der Waals surface area (Å²) in [4.78, 5) is 38.4. The lowest BCUT2D eigenvalue weighted by Gasteiger charge is -2.25. The number of hydrogen-bond donors (Lipinski definition) is 1. The van der Waals surface area contributed by atoms with Crippen molar-refractivity contribution in [2.45, 2.75) is 38.8 Å². The molecule has 4 aromatic rings. The number of amides is 1. The number of nitrogens with one attached hydrogen (secondary N) is 1. The first-order chi connectivity index (χ1) is 15.2. The summed E-state index contributed by atoms with van der Waals surface area (Å²) >= 11 is 0. The summed E-state index contributed by atoms with van der Waals surface area (Å²) < 4.78 is 7.54. The number of nitrogens with zero attached hydrogens (tertiary/aromatic N) is 4. The van der Waals surface area contributed by atoms with Crippen LogP contribution >= 0.6 is 0 Å². The SMILES string of the molecule is O=C(CCn1c(=O)[nH]c2ccccc21)N1CCc2oc(CCc3cccnc3)nc2C1. The summed E-state index contributed by atoms with van der Waals surface area (Å²) in [6.07, 6.45) is 6.05. The van der Waals surface area contributed by atoms with Crippen molar-refractivity contribution < 1.29 is 9.21 Å². The molecule has 4 heterocycles. The number of pyridine rings is 1. The highest BCUT2D eigenvalue weighted by atomic mass is 16.4. The van der Waals surface area contributed by atoms with Crippen molar-refractivity contribution in [3.05, 3.63) is 82.2 Å². The monoisotopic (exact) mass is 417 g/mol. The fraction of sp³-hybridized carbons (Fsp3) is 0.304. The van der Waals surface area contributed by atoms with Crippen LogP contribution in [0.3, 0.4) is 0 Å². The summed E-state index contributed by atoms with van der Waals surface area (Å²) in [6.45, 7) is 1.40. The van der Waals surface area contributed by atoms with Gasteiger partial charge in [-0.3, -0.25) is 14.3 Å². The lowest BCUT2D eigenvalue weighted by atomic mass is 10.1. The predicted octanol–water partition coefficient (Wildman–Crippen LogP) is 2.47. The van der Waals surface area contributed by atoms with Crippen LogP contribution in [0.1, 0.15) is 29.3 Å². The Bertz CT molecular complexity index is 1270. The van der Waals surface area contributed by atoms with E-state index in [0.29, 0.717) is 38.4 Å². The molecule has 0 atom stereocenters. The van der Waals surface area contributed by atoms with E-state index in [2.05, 4.69) is 15.0 Å². The molecule has 0 bridgehead atoms. The van der Waals surface area contributed by atoms with Crippen molar-refractivity contribution in [1.82, 2.24) is 24.4 Å². The molecule has 1 aliphatic heterocycles. The molecule has 1 aliphatic rings. The van der Waals surface area contributed by atoms with Crippen LogP contribution in [-0.4, -0.2) is 36.9 Å². The molecule has 0 spiro atoms. The van der Waals surface area contributed by atoms with Gasteiger partial charge in [-0.15, -0.1) is 0 Å². The maximum absolute atomic E-state index is 12.8. The van der Waals surface area contributed by atoms with Gasteiger partial charge < -0.3 is 14.3 Å². The molecular formula is C23H23N5O3. The molecule has 1 aromatic carbocycles. The summed E-state index contributed by atoms with van der Waals surface area (Å²) in [6, 6.07) is 11.5. The Balaban J connectivity index is 1.21. The first-order valence-corrected chi connectivity index (χ1v) is 10.5. The molecule has 5 rings (SSSR count). The van der Waals surface area contributed by atoms with E-state index in [1.165, 1.54) is 0 Å². The predicted molar refractivity (Wildman–Crippen MR) is 114 cm³/mol. The number of carbonyl (C=O) groups is 1. The maximum atomic E-state index is 12.8. The van der Waals surface area contributed by atoms with Crippen LogP contribution in [-0.2, 0) is 37.1 Å². The topological polar surface area (TPSA) is 97.0 Å². The van der Waals surface area contributed by atoms with Crippen LogP contribution in [0.2, 0.25) is 0 Å². The van der Waals surface area contributed by atoms with Gasteiger partial charge in [-0.25, -0.2) is 9.78 Å². The first kappa shape index (κ1) is 19.3. The molecule has 0 aliphatic carbocycles. The number of oxazole rings is 1. The maximum Gasteiger partial charge on any atom is 0.326 e. The summed E-state index contributed by atoms with van der Waals surface area (Å²) in [5.41, 5.74) is 3.39. The number of rotatable bonds is 6. The molecule has 31 heavy (non-hydrogen) atoms. The third-order valence-electron chi connectivity index (χ3n) is 5.71. The van der Waals surface area contributed by atoms with Crippen molar-refractivity contribution in [1.29, 1.82) is 0 Å².